The number of likely N-dealkylation sites (N-methyl/N-ethyl adjacent to an activating group) is 1. The summed E-state index contributed by atoms with van der Waals surface area (Å²) in [7, 11) is 2.03. The van der Waals surface area contributed by atoms with E-state index in [1.807, 2.05) is 7.05 Å². The quantitative estimate of drug-likeness (QED) is 0.745. The summed E-state index contributed by atoms with van der Waals surface area (Å²) < 4.78 is 0. The Morgan fingerprint density at radius 2 is 1.92 bits per heavy atom. The Kier molecular flexibility index (Phi) is 5.97. The summed E-state index contributed by atoms with van der Waals surface area (Å²) in [4.78, 5) is 32.6. The van der Waals surface area contributed by atoms with Gasteiger partial charge in [-0.1, -0.05) is 0 Å². The number of nitrogens with one attached hydrogen (secondary N) is 2. The lowest BCUT2D eigenvalue weighted by Gasteiger charge is -2.32. The van der Waals surface area contributed by atoms with E-state index in [1.54, 1.807) is 37.8 Å². The average Bonchev–Trinajstić information content (AvgIpc) is 2.54. The Bertz CT molecular complexity index is 621. The predicted octanol–water partition coefficient (Wildman–Crippen LogP) is 0.750. The summed E-state index contributed by atoms with van der Waals surface area (Å²) in [5.41, 5.74) is -0.246. The molecule has 0 unspecified atom stereocenters. The van der Waals surface area contributed by atoms with Crippen molar-refractivity contribution in [3.8, 4) is 0 Å². The first kappa shape index (κ1) is 19.1. The minimum atomic E-state index is -1.03. The fourth-order valence-electron chi connectivity index (χ4n) is 2.34. The molecule has 138 valence electrons. The summed E-state index contributed by atoms with van der Waals surface area (Å²) in [5.74, 6) is -0.137. The second kappa shape index (κ2) is 7.79. The molecule has 3 amide bonds. The van der Waals surface area contributed by atoms with Crippen molar-refractivity contribution in [2.24, 2.45) is 0 Å². The number of pyridine rings is 1. The number of aromatic nitrogens is 1. The zero-order valence-corrected chi connectivity index (χ0v) is 15.2. The van der Waals surface area contributed by atoms with Crippen LogP contribution in [0.1, 0.15) is 31.3 Å². The molecule has 1 aliphatic rings. The van der Waals surface area contributed by atoms with Crippen LogP contribution >= 0.6 is 0 Å². The minimum Gasteiger partial charge on any atom is -0.388 e. The smallest absolute Gasteiger partial charge is 0.319 e. The Morgan fingerprint density at radius 3 is 2.52 bits per heavy atom. The minimum absolute atomic E-state index is 0.137. The van der Waals surface area contributed by atoms with E-state index in [1.165, 1.54) is 6.20 Å². The number of piperazine rings is 1. The standard InChI is InChI=1S/C17H27N5O3/c1-12(17(2,3)25)19-16(24)20-13-5-6-18-14(11-13)15(23)22-9-7-21(4)8-10-22/h5-6,11-12,25H,7-10H2,1-4H3,(H2,18,19,20,24)/t12-/m0/s1. The van der Waals surface area contributed by atoms with Crippen molar-refractivity contribution in [2.75, 3.05) is 38.5 Å². The number of aliphatic hydroxyl groups is 1. The van der Waals surface area contributed by atoms with Gasteiger partial charge in [0.05, 0.1) is 11.6 Å². The molecular formula is C17H27N5O3. The van der Waals surface area contributed by atoms with Crippen molar-refractivity contribution in [1.82, 2.24) is 20.1 Å². The summed E-state index contributed by atoms with van der Waals surface area (Å²) in [6, 6.07) is 2.31. The van der Waals surface area contributed by atoms with Gasteiger partial charge in [-0.2, -0.15) is 0 Å². The summed E-state index contributed by atoms with van der Waals surface area (Å²) in [5, 5.41) is 15.2. The number of hydrogen-bond donors (Lipinski definition) is 3. The number of rotatable bonds is 4. The fourth-order valence-corrected chi connectivity index (χ4v) is 2.34. The predicted molar refractivity (Wildman–Crippen MR) is 95.6 cm³/mol. The number of hydrogen-bond acceptors (Lipinski definition) is 5. The molecule has 0 radical (unpaired) electrons. The van der Waals surface area contributed by atoms with Crippen molar-refractivity contribution in [2.45, 2.75) is 32.4 Å². The van der Waals surface area contributed by atoms with Gasteiger partial charge in [-0.15, -0.1) is 0 Å². The van der Waals surface area contributed by atoms with E-state index in [4.69, 9.17) is 0 Å². The SMILES string of the molecule is C[C@H](NC(=O)Nc1ccnc(C(=O)N2CCN(C)CC2)c1)C(C)(C)O. The van der Waals surface area contributed by atoms with Crippen LogP contribution in [0.4, 0.5) is 10.5 Å². The number of carbonyl (C=O) groups is 2. The zero-order valence-electron chi connectivity index (χ0n) is 15.2. The molecule has 8 nitrogen and oxygen atoms in total. The zero-order chi connectivity index (χ0) is 18.6. The highest BCUT2D eigenvalue weighted by Gasteiger charge is 2.24. The van der Waals surface area contributed by atoms with Crippen molar-refractivity contribution < 1.29 is 14.7 Å². The highest BCUT2D eigenvalue weighted by atomic mass is 16.3. The molecule has 1 atom stereocenters. The molecule has 1 saturated heterocycles. The van der Waals surface area contributed by atoms with Crippen LogP contribution in [-0.4, -0.2) is 76.7 Å². The number of nitrogens with zero attached hydrogens (tertiary/aromatic N) is 3. The molecule has 0 spiro atoms. The highest BCUT2D eigenvalue weighted by molar-refractivity contribution is 5.95. The molecular weight excluding hydrogens is 322 g/mol. The van der Waals surface area contributed by atoms with E-state index < -0.39 is 17.7 Å². The number of amides is 3. The van der Waals surface area contributed by atoms with Gasteiger partial charge in [-0.3, -0.25) is 9.78 Å². The summed E-state index contributed by atoms with van der Waals surface area (Å²) in [6.45, 7) is 7.96. The van der Waals surface area contributed by atoms with Crippen LogP contribution in [-0.2, 0) is 0 Å². The maximum atomic E-state index is 12.5. The third kappa shape index (κ3) is 5.40. The molecule has 0 aromatic carbocycles. The maximum Gasteiger partial charge on any atom is 0.319 e. The Morgan fingerprint density at radius 1 is 1.28 bits per heavy atom. The number of urea groups is 1. The first-order chi connectivity index (χ1) is 11.7. The van der Waals surface area contributed by atoms with Gasteiger partial charge in [0.15, 0.2) is 0 Å². The van der Waals surface area contributed by atoms with Crippen LogP contribution in [0.3, 0.4) is 0 Å². The van der Waals surface area contributed by atoms with Crippen molar-refractivity contribution >= 4 is 17.6 Å². The molecule has 1 aromatic heterocycles. The van der Waals surface area contributed by atoms with Crippen LogP contribution in [0.25, 0.3) is 0 Å². The normalized spacial score (nSPS) is 17.1. The molecule has 1 aromatic rings. The molecule has 3 N–H and O–H groups in total. The monoisotopic (exact) mass is 349 g/mol. The van der Waals surface area contributed by atoms with Crippen LogP contribution in [0.5, 0.6) is 0 Å². The number of anilines is 1. The Hall–Kier alpha value is -2.19. The van der Waals surface area contributed by atoms with E-state index in [9.17, 15) is 14.7 Å². The van der Waals surface area contributed by atoms with Crippen molar-refractivity contribution in [3.05, 3.63) is 24.0 Å². The van der Waals surface area contributed by atoms with E-state index in [2.05, 4.69) is 20.5 Å². The molecule has 0 saturated carbocycles. The third-order valence-corrected chi connectivity index (χ3v) is 4.43. The van der Waals surface area contributed by atoms with E-state index in [0.29, 0.717) is 24.5 Å². The third-order valence-electron chi connectivity index (χ3n) is 4.43. The molecule has 1 aliphatic heterocycles. The summed E-state index contributed by atoms with van der Waals surface area (Å²) >= 11 is 0. The second-order valence-corrected chi connectivity index (χ2v) is 7.00. The molecule has 25 heavy (non-hydrogen) atoms. The molecule has 8 heteroatoms. The Balaban J connectivity index is 1.99. The number of carbonyl (C=O) groups excluding carboxylic acids is 2. The first-order valence-electron chi connectivity index (χ1n) is 8.40. The van der Waals surface area contributed by atoms with Crippen molar-refractivity contribution in [3.63, 3.8) is 0 Å². The average molecular weight is 349 g/mol. The van der Waals surface area contributed by atoms with E-state index >= 15 is 0 Å². The van der Waals surface area contributed by atoms with E-state index in [0.717, 1.165) is 13.1 Å². The van der Waals surface area contributed by atoms with Gasteiger partial charge >= 0.3 is 6.03 Å². The largest absolute Gasteiger partial charge is 0.388 e. The van der Waals surface area contributed by atoms with Gasteiger partial charge < -0.3 is 25.5 Å². The van der Waals surface area contributed by atoms with Crippen LogP contribution in [0.15, 0.2) is 18.3 Å². The summed E-state index contributed by atoms with van der Waals surface area (Å²) in [6.07, 6.45) is 1.50. The van der Waals surface area contributed by atoms with Gasteiger partial charge in [0.25, 0.3) is 5.91 Å². The lowest BCUT2D eigenvalue weighted by Crippen LogP contribution is -2.48. The Labute approximate surface area is 148 Å². The highest BCUT2D eigenvalue weighted by Crippen LogP contribution is 2.12. The molecule has 2 heterocycles. The maximum absolute atomic E-state index is 12.5. The molecule has 2 rings (SSSR count). The molecule has 1 fully saturated rings. The second-order valence-electron chi connectivity index (χ2n) is 7.00. The fraction of sp³-hybridized carbons (Fsp3) is 0.588. The van der Waals surface area contributed by atoms with Crippen molar-refractivity contribution in [1.29, 1.82) is 0 Å². The molecule has 0 bridgehead atoms. The lowest BCUT2D eigenvalue weighted by molar-refractivity contribution is 0.0486. The van der Waals surface area contributed by atoms with Crippen LogP contribution in [0.2, 0.25) is 0 Å². The van der Waals surface area contributed by atoms with Gasteiger partial charge in [-0.05, 0) is 40.0 Å². The van der Waals surface area contributed by atoms with Gasteiger partial charge in [0.2, 0.25) is 0 Å². The van der Waals surface area contributed by atoms with Crippen LogP contribution < -0.4 is 10.6 Å². The first-order valence-corrected chi connectivity index (χ1v) is 8.40. The lowest BCUT2D eigenvalue weighted by atomic mass is 10.0. The molecule has 0 aliphatic carbocycles. The topological polar surface area (TPSA) is 97.8 Å². The van der Waals surface area contributed by atoms with Gasteiger partial charge in [-0.25, -0.2) is 4.79 Å². The van der Waals surface area contributed by atoms with Gasteiger partial charge in [0.1, 0.15) is 5.69 Å². The van der Waals surface area contributed by atoms with Crippen LogP contribution in [0, 0.1) is 0 Å². The van der Waals surface area contributed by atoms with E-state index in [-0.39, 0.29) is 5.91 Å². The van der Waals surface area contributed by atoms with Gasteiger partial charge in [0, 0.05) is 38.1 Å².